The molecular weight excluding hydrogens is 434 g/mol. The van der Waals surface area contributed by atoms with E-state index in [0.717, 1.165) is 0 Å². The first-order valence-electron chi connectivity index (χ1n) is 9.50. The van der Waals surface area contributed by atoms with Crippen molar-refractivity contribution in [2.45, 2.75) is 16.3 Å². The van der Waals surface area contributed by atoms with Crippen LogP contribution in [0, 0.1) is 0 Å². The van der Waals surface area contributed by atoms with Crippen LogP contribution < -0.4 is 4.72 Å². The lowest BCUT2D eigenvalue weighted by molar-refractivity contribution is 0.102. The van der Waals surface area contributed by atoms with Gasteiger partial charge in [-0.25, -0.2) is 13.1 Å². The van der Waals surface area contributed by atoms with Crippen molar-refractivity contribution in [3.05, 3.63) is 84.2 Å². The van der Waals surface area contributed by atoms with Crippen molar-refractivity contribution in [3.8, 4) is 0 Å². The van der Waals surface area contributed by atoms with Gasteiger partial charge in [0.1, 0.15) is 5.03 Å². The third-order valence-corrected chi connectivity index (χ3v) is 6.84. The molecule has 0 amide bonds. The van der Waals surface area contributed by atoms with Crippen molar-refractivity contribution in [2.75, 3.05) is 12.3 Å². The summed E-state index contributed by atoms with van der Waals surface area (Å²) in [6, 6.07) is 20.8. The highest BCUT2D eigenvalue weighted by atomic mass is 32.2. The molecule has 8 nitrogen and oxygen atoms in total. The second-order valence-corrected chi connectivity index (χ2v) is 9.36. The van der Waals surface area contributed by atoms with Gasteiger partial charge >= 0.3 is 0 Å². The number of carbonyl (C=O) groups is 1. The van der Waals surface area contributed by atoms with Gasteiger partial charge in [0.05, 0.1) is 10.6 Å². The van der Waals surface area contributed by atoms with E-state index in [0.29, 0.717) is 28.5 Å². The zero-order valence-electron chi connectivity index (χ0n) is 16.4. The SMILES string of the molecule is O=C(CSc1ccc2nnc(CCNS(=O)(=O)c3ccccc3)n2n1)c1ccccc1. The fourth-order valence-corrected chi connectivity index (χ4v) is 4.68. The van der Waals surface area contributed by atoms with Crippen LogP contribution in [0.5, 0.6) is 0 Å². The number of thioether (sulfide) groups is 1. The van der Waals surface area contributed by atoms with Crippen LogP contribution in [0.4, 0.5) is 0 Å². The lowest BCUT2D eigenvalue weighted by Gasteiger charge is -2.06. The number of aromatic nitrogens is 4. The summed E-state index contributed by atoms with van der Waals surface area (Å²) in [6.07, 6.45) is 0.317. The van der Waals surface area contributed by atoms with Gasteiger partial charge in [0.2, 0.25) is 10.0 Å². The van der Waals surface area contributed by atoms with Crippen molar-refractivity contribution >= 4 is 33.2 Å². The predicted molar refractivity (Wildman–Crippen MR) is 118 cm³/mol. The van der Waals surface area contributed by atoms with E-state index in [9.17, 15) is 13.2 Å². The summed E-state index contributed by atoms with van der Waals surface area (Å²) in [5, 5.41) is 13.3. The number of carbonyl (C=O) groups excluding carboxylic acids is 1. The first kappa shape index (κ1) is 21.2. The van der Waals surface area contributed by atoms with Crippen LogP contribution in [0.2, 0.25) is 0 Å². The van der Waals surface area contributed by atoms with Gasteiger partial charge in [-0.05, 0) is 24.3 Å². The van der Waals surface area contributed by atoms with E-state index in [4.69, 9.17) is 0 Å². The van der Waals surface area contributed by atoms with Crippen molar-refractivity contribution in [1.82, 2.24) is 24.5 Å². The Balaban J connectivity index is 1.41. The molecule has 31 heavy (non-hydrogen) atoms. The molecule has 0 fully saturated rings. The number of nitrogens with one attached hydrogen (secondary N) is 1. The van der Waals surface area contributed by atoms with Crippen molar-refractivity contribution in [1.29, 1.82) is 0 Å². The third kappa shape index (κ3) is 5.16. The zero-order valence-corrected chi connectivity index (χ0v) is 18.0. The van der Waals surface area contributed by atoms with E-state index in [1.54, 1.807) is 47.0 Å². The van der Waals surface area contributed by atoms with Crippen molar-refractivity contribution in [2.24, 2.45) is 0 Å². The molecule has 0 aliphatic heterocycles. The van der Waals surface area contributed by atoms with E-state index in [-0.39, 0.29) is 23.0 Å². The van der Waals surface area contributed by atoms with Crippen LogP contribution in [-0.4, -0.2) is 46.3 Å². The normalized spacial score (nSPS) is 11.6. The quantitative estimate of drug-likeness (QED) is 0.307. The molecule has 0 bridgehead atoms. The van der Waals surface area contributed by atoms with Gasteiger partial charge in [0, 0.05) is 18.5 Å². The van der Waals surface area contributed by atoms with Gasteiger partial charge in [-0.2, -0.15) is 9.61 Å². The first-order valence-corrected chi connectivity index (χ1v) is 12.0. The fraction of sp³-hybridized carbons (Fsp3) is 0.143. The average molecular weight is 454 g/mol. The van der Waals surface area contributed by atoms with Crippen LogP contribution in [0.1, 0.15) is 16.2 Å². The molecule has 0 aliphatic carbocycles. The van der Waals surface area contributed by atoms with Crippen LogP contribution in [-0.2, 0) is 16.4 Å². The standard InChI is InChI=1S/C21H19N5O3S2/c27-18(16-7-3-1-4-8-16)15-30-21-12-11-19-23-24-20(26(19)25-21)13-14-22-31(28,29)17-9-5-2-6-10-17/h1-12,22H,13-15H2. The van der Waals surface area contributed by atoms with Gasteiger partial charge < -0.3 is 0 Å². The van der Waals surface area contributed by atoms with E-state index >= 15 is 0 Å². The van der Waals surface area contributed by atoms with Gasteiger partial charge in [-0.3, -0.25) is 4.79 Å². The Morgan fingerprint density at radius 1 is 0.935 bits per heavy atom. The number of fused-ring (bicyclic) bond motifs is 1. The molecule has 0 spiro atoms. The van der Waals surface area contributed by atoms with Gasteiger partial charge in [-0.15, -0.1) is 10.2 Å². The van der Waals surface area contributed by atoms with Gasteiger partial charge in [0.25, 0.3) is 0 Å². The highest BCUT2D eigenvalue weighted by Gasteiger charge is 2.14. The lowest BCUT2D eigenvalue weighted by atomic mass is 10.2. The van der Waals surface area contributed by atoms with Crippen molar-refractivity contribution in [3.63, 3.8) is 0 Å². The van der Waals surface area contributed by atoms with Gasteiger partial charge in [-0.1, -0.05) is 60.3 Å². The van der Waals surface area contributed by atoms with E-state index < -0.39 is 10.0 Å². The number of ketones is 1. The highest BCUT2D eigenvalue weighted by Crippen LogP contribution is 2.18. The zero-order chi connectivity index (χ0) is 21.7. The minimum atomic E-state index is -3.59. The Bertz CT molecular complexity index is 1290. The molecule has 0 aliphatic rings. The fourth-order valence-electron chi connectivity index (χ4n) is 2.88. The number of rotatable bonds is 9. The lowest BCUT2D eigenvalue weighted by Crippen LogP contribution is -2.26. The molecule has 0 saturated carbocycles. The third-order valence-electron chi connectivity index (χ3n) is 4.44. The number of benzene rings is 2. The molecule has 0 saturated heterocycles. The van der Waals surface area contributed by atoms with E-state index in [2.05, 4.69) is 20.0 Å². The summed E-state index contributed by atoms with van der Waals surface area (Å²) in [6.45, 7) is 0.156. The first-order chi connectivity index (χ1) is 15.0. The van der Waals surface area contributed by atoms with Gasteiger partial charge in [0.15, 0.2) is 17.3 Å². The molecule has 4 aromatic rings. The molecule has 4 rings (SSSR count). The number of hydrogen-bond acceptors (Lipinski definition) is 7. The Labute approximate surface area is 183 Å². The minimum Gasteiger partial charge on any atom is -0.293 e. The molecule has 0 atom stereocenters. The minimum absolute atomic E-state index is 0.0202. The maximum atomic E-state index is 12.3. The van der Waals surface area contributed by atoms with Crippen LogP contribution >= 0.6 is 11.8 Å². The van der Waals surface area contributed by atoms with Crippen molar-refractivity contribution < 1.29 is 13.2 Å². The Kier molecular flexibility index (Phi) is 6.40. The maximum Gasteiger partial charge on any atom is 0.240 e. The number of hydrogen-bond donors (Lipinski definition) is 1. The molecule has 2 aromatic carbocycles. The summed E-state index contributed by atoms with van der Waals surface area (Å²) in [5.74, 6) is 0.811. The Hall–Kier alpha value is -3.08. The molecule has 0 radical (unpaired) electrons. The monoisotopic (exact) mass is 453 g/mol. The predicted octanol–water partition coefficient (Wildman–Crippen LogP) is 2.62. The smallest absolute Gasteiger partial charge is 0.240 e. The molecule has 1 N–H and O–H groups in total. The number of sulfonamides is 1. The van der Waals surface area contributed by atoms with E-state index in [1.165, 1.54) is 23.9 Å². The maximum absolute atomic E-state index is 12.3. The summed E-state index contributed by atoms with van der Waals surface area (Å²) >= 11 is 1.33. The summed E-state index contributed by atoms with van der Waals surface area (Å²) in [5.41, 5.74) is 1.21. The number of Topliss-reactive ketones (excluding diaryl/α,β-unsaturated/α-hetero) is 1. The molecule has 2 heterocycles. The summed E-state index contributed by atoms with van der Waals surface area (Å²) < 4.78 is 28.8. The molecular formula is C21H19N5O3S2. The molecule has 0 unspecified atom stereocenters. The topological polar surface area (TPSA) is 106 Å². The second kappa shape index (κ2) is 9.38. The Morgan fingerprint density at radius 2 is 1.65 bits per heavy atom. The average Bonchev–Trinajstić information content (AvgIpc) is 3.21. The molecule has 158 valence electrons. The van der Waals surface area contributed by atoms with E-state index in [1.807, 2.05) is 18.2 Å². The highest BCUT2D eigenvalue weighted by molar-refractivity contribution is 7.99. The van der Waals surface area contributed by atoms with Crippen LogP contribution in [0.15, 0.2) is 82.7 Å². The summed E-state index contributed by atoms with van der Waals surface area (Å²) in [4.78, 5) is 12.5. The largest absolute Gasteiger partial charge is 0.293 e. The Morgan fingerprint density at radius 3 is 2.39 bits per heavy atom. The van der Waals surface area contributed by atoms with Crippen LogP contribution in [0.3, 0.4) is 0 Å². The van der Waals surface area contributed by atoms with Crippen LogP contribution in [0.25, 0.3) is 5.65 Å². The molecule has 2 aromatic heterocycles. The number of nitrogens with zero attached hydrogens (tertiary/aromatic N) is 4. The summed E-state index contributed by atoms with van der Waals surface area (Å²) in [7, 11) is -3.59. The molecule has 10 heteroatoms. The second-order valence-electron chi connectivity index (χ2n) is 6.60.